The lowest BCUT2D eigenvalue weighted by atomic mass is 9.99. The van der Waals surface area contributed by atoms with Crippen LogP contribution >= 0.6 is 0 Å². The summed E-state index contributed by atoms with van der Waals surface area (Å²) in [6, 6.07) is 7.71. The molecule has 2 aromatic rings. The summed E-state index contributed by atoms with van der Waals surface area (Å²) in [6.07, 6.45) is 1.81. The summed E-state index contributed by atoms with van der Waals surface area (Å²) >= 11 is 0. The molecule has 3 rings (SSSR count). The Morgan fingerprint density at radius 1 is 1.32 bits per heavy atom. The molecule has 0 unspecified atom stereocenters. The molecule has 0 spiro atoms. The van der Waals surface area contributed by atoms with Gasteiger partial charge in [-0.15, -0.1) is 0 Å². The molecule has 0 fully saturated rings. The predicted octanol–water partition coefficient (Wildman–Crippen LogP) is 2.27. The van der Waals surface area contributed by atoms with Crippen LogP contribution in [-0.4, -0.2) is 46.7 Å². The van der Waals surface area contributed by atoms with E-state index in [2.05, 4.69) is 4.98 Å². The van der Waals surface area contributed by atoms with Gasteiger partial charge in [-0.25, -0.2) is 4.98 Å². The van der Waals surface area contributed by atoms with Crippen LogP contribution in [0.15, 0.2) is 30.6 Å². The first kappa shape index (κ1) is 17.5. The van der Waals surface area contributed by atoms with Crippen LogP contribution in [0.1, 0.15) is 29.8 Å². The highest BCUT2D eigenvalue weighted by Gasteiger charge is 2.31. The number of amides is 1. The Kier molecular flexibility index (Phi) is 5.38. The van der Waals surface area contributed by atoms with Crippen molar-refractivity contribution in [1.82, 2.24) is 14.5 Å². The average Bonchev–Trinajstić information content (AvgIpc) is 3.00. The predicted molar refractivity (Wildman–Crippen MR) is 94.5 cm³/mol. The van der Waals surface area contributed by atoms with Gasteiger partial charge in [0.2, 0.25) is 0 Å². The van der Waals surface area contributed by atoms with Crippen molar-refractivity contribution < 1.29 is 14.3 Å². The van der Waals surface area contributed by atoms with Crippen molar-refractivity contribution in [1.29, 1.82) is 0 Å². The van der Waals surface area contributed by atoms with Crippen molar-refractivity contribution >= 4 is 5.91 Å². The first-order valence-corrected chi connectivity index (χ1v) is 8.63. The number of aromatic nitrogens is 2. The van der Waals surface area contributed by atoms with Crippen LogP contribution in [0.3, 0.4) is 0 Å². The Morgan fingerprint density at radius 2 is 2.08 bits per heavy atom. The summed E-state index contributed by atoms with van der Waals surface area (Å²) in [4.78, 5) is 18.9. The Hall–Kier alpha value is -2.34. The van der Waals surface area contributed by atoms with E-state index in [-0.39, 0.29) is 18.4 Å². The van der Waals surface area contributed by atoms with Crippen LogP contribution in [0.25, 0.3) is 0 Å². The van der Waals surface area contributed by atoms with Gasteiger partial charge < -0.3 is 18.9 Å². The van der Waals surface area contributed by atoms with Gasteiger partial charge in [0.1, 0.15) is 5.75 Å². The molecule has 134 valence electrons. The molecule has 1 aliphatic heterocycles. The Labute approximate surface area is 148 Å². The SMILES string of the molecule is CCOC[C@@H]1CN(C(=O)COc2ccc(C)cc2)Cc2ncn(C)c21. The molecule has 6 nitrogen and oxygen atoms in total. The monoisotopic (exact) mass is 343 g/mol. The van der Waals surface area contributed by atoms with E-state index in [1.165, 1.54) is 0 Å². The topological polar surface area (TPSA) is 56.6 Å². The van der Waals surface area contributed by atoms with Gasteiger partial charge in [0.25, 0.3) is 5.91 Å². The van der Waals surface area contributed by atoms with Crippen molar-refractivity contribution in [3.05, 3.63) is 47.5 Å². The number of nitrogens with zero attached hydrogens (tertiary/aromatic N) is 3. The van der Waals surface area contributed by atoms with Gasteiger partial charge in [0, 0.05) is 31.8 Å². The highest BCUT2D eigenvalue weighted by atomic mass is 16.5. The molecule has 1 aliphatic rings. The van der Waals surface area contributed by atoms with Gasteiger partial charge in [0.15, 0.2) is 6.61 Å². The van der Waals surface area contributed by atoms with E-state index >= 15 is 0 Å². The molecule has 0 aliphatic carbocycles. The summed E-state index contributed by atoms with van der Waals surface area (Å²) in [5.41, 5.74) is 3.27. The number of aryl methyl sites for hydroxylation is 2. The number of fused-ring (bicyclic) bond motifs is 1. The number of carbonyl (C=O) groups is 1. The Bertz CT molecular complexity index is 724. The highest BCUT2D eigenvalue weighted by Crippen LogP contribution is 2.27. The highest BCUT2D eigenvalue weighted by molar-refractivity contribution is 5.78. The van der Waals surface area contributed by atoms with E-state index in [4.69, 9.17) is 9.47 Å². The van der Waals surface area contributed by atoms with Crippen LogP contribution in [0.5, 0.6) is 5.75 Å². The van der Waals surface area contributed by atoms with E-state index in [9.17, 15) is 4.79 Å². The number of ether oxygens (including phenoxy) is 2. The lowest BCUT2D eigenvalue weighted by Gasteiger charge is -2.32. The Balaban J connectivity index is 1.65. The fourth-order valence-corrected chi connectivity index (χ4v) is 3.18. The zero-order valence-corrected chi connectivity index (χ0v) is 15.1. The number of benzene rings is 1. The van der Waals surface area contributed by atoms with E-state index in [1.807, 2.05) is 54.6 Å². The van der Waals surface area contributed by atoms with Crippen LogP contribution in [0, 0.1) is 6.92 Å². The number of imidazole rings is 1. The molecule has 6 heteroatoms. The van der Waals surface area contributed by atoms with Crippen molar-refractivity contribution in [2.45, 2.75) is 26.3 Å². The van der Waals surface area contributed by atoms with Gasteiger partial charge in [-0.3, -0.25) is 4.79 Å². The van der Waals surface area contributed by atoms with E-state index in [0.717, 1.165) is 17.0 Å². The molecule has 2 heterocycles. The molecular formula is C19H25N3O3. The molecule has 0 radical (unpaired) electrons. The second kappa shape index (κ2) is 7.70. The quantitative estimate of drug-likeness (QED) is 0.807. The van der Waals surface area contributed by atoms with Crippen molar-refractivity contribution in [2.75, 3.05) is 26.4 Å². The summed E-state index contributed by atoms with van der Waals surface area (Å²) in [7, 11) is 1.99. The first-order valence-electron chi connectivity index (χ1n) is 8.63. The summed E-state index contributed by atoms with van der Waals surface area (Å²) in [5.74, 6) is 0.818. The number of hydrogen-bond donors (Lipinski definition) is 0. The van der Waals surface area contributed by atoms with E-state index in [1.54, 1.807) is 6.33 Å². The maximum absolute atomic E-state index is 12.6. The second-order valence-electron chi connectivity index (χ2n) is 6.42. The fraction of sp³-hybridized carbons (Fsp3) is 0.474. The standard InChI is InChI=1S/C19H25N3O3/c1-4-24-11-15-9-22(10-17-19(15)21(3)13-20-17)18(23)12-25-16-7-5-14(2)6-8-16/h5-8,13,15H,4,9-12H2,1-3H3/t15-/m0/s1. The summed E-state index contributed by atoms with van der Waals surface area (Å²) in [5, 5.41) is 0. The molecule has 0 saturated heterocycles. The minimum absolute atomic E-state index is 0.0293. The molecule has 0 bridgehead atoms. The van der Waals surface area contributed by atoms with Gasteiger partial charge in [-0.05, 0) is 26.0 Å². The molecule has 1 amide bonds. The van der Waals surface area contributed by atoms with Crippen molar-refractivity contribution in [3.8, 4) is 5.75 Å². The molecule has 25 heavy (non-hydrogen) atoms. The number of hydrogen-bond acceptors (Lipinski definition) is 4. The number of rotatable bonds is 6. The number of carbonyl (C=O) groups excluding carboxylic acids is 1. The van der Waals surface area contributed by atoms with Gasteiger partial charge in [-0.2, -0.15) is 0 Å². The molecule has 0 N–H and O–H groups in total. The third kappa shape index (κ3) is 4.02. The van der Waals surface area contributed by atoms with Crippen molar-refractivity contribution in [2.24, 2.45) is 7.05 Å². The molecule has 1 atom stereocenters. The second-order valence-corrected chi connectivity index (χ2v) is 6.42. The molecule has 0 saturated carbocycles. The zero-order chi connectivity index (χ0) is 17.8. The smallest absolute Gasteiger partial charge is 0.260 e. The van der Waals surface area contributed by atoms with Crippen LogP contribution in [-0.2, 0) is 23.1 Å². The largest absolute Gasteiger partial charge is 0.484 e. The van der Waals surface area contributed by atoms with E-state index < -0.39 is 0 Å². The summed E-state index contributed by atoms with van der Waals surface area (Å²) in [6.45, 7) is 6.43. The van der Waals surface area contributed by atoms with Crippen LogP contribution < -0.4 is 4.74 Å². The molecule has 1 aromatic heterocycles. The zero-order valence-electron chi connectivity index (χ0n) is 15.1. The minimum Gasteiger partial charge on any atom is -0.484 e. The van der Waals surface area contributed by atoms with Gasteiger partial charge >= 0.3 is 0 Å². The van der Waals surface area contributed by atoms with Crippen molar-refractivity contribution in [3.63, 3.8) is 0 Å². The third-order valence-electron chi connectivity index (χ3n) is 4.49. The fourth-order valence-electron chi connectivity index (χ4n) is 3.18. The lowest BCUT2D eigenvalue weighted by Crippen LogP contribution is -2.42. The summed E-state index contributed by atoms with van der Waals surface area (Å²) < 4.78 is 13.3. The van der Waals surface area contributed by atoms with E-state index in [0.29, 0.717) is 32.1 Å². The average molecular weight is 343 g/mol. The Morgan fingerprint density at radius 3 is 2.80 bits per heavy atom. The minimum atomic E-state index is -0.0293. The lowest BCUT2D eigenvalue weighted by molar-refractivity contribution is -0.135. The van der Waals surface area contributed by atoms with Gasteiger partial charge in [-0.1, -0.05) is 17.7 Å². The van der Waals surface area contributed by atoms with Crippen LogP contribution in [0.4, 0.5) is 0 Å². The maximum atomic E-state index is 12.6. The maximum Gasteiger partial charge on any atom is 0.260 e. The molecule has 1 aromatic carbocycles. The normalized spacial score (nSPS) is 16.6. The third-order valence-corrected chi connectivity index (χ3v) is 4.49. The molecular weight excluding hydrogens is 318 g/mol. The van der Waals surface area contributed by atoms with Gasteiger partial charge in [0.05, 0.1) is 25.2 Å². The first-order chi connectivity index (χ1) is 12.1. The van der Waals surface area contributed by atoms with Crippen LogP contribution in [0.2, 0.25) is 0 Å².